The number of methoxy groups -OCH3 is 1. The monoisotopic (exact) mass is 298 g/mol. The molecule has 0 heterocycles. The SMILES string of the molecule is COCCN(C1CC1)S(=O)(=O)c1ccc(C(C)N)cc1. The number of nitrogens with zero attached hydrogens (tertiary/aromatic N) is 1. The molecule has 0 radical (unpaired) electrons. The summed E-state index contributed by atoms with van der Waals surface area (Å²) in [7, 11) is -1.86. The normalized spacial score (nSPS) is 17.4. The van der Waals surface area contributed by atoms with Gasteiger partial charge in [-0.15, -0.1) is 0 Å². The zero-order valence-electron chi connectivity index (χ0n) is 12.0. The van der Waals surface area contributed by atoms with Gasteiger partial charge in [-0.05, 0) is 37.5 Å². The van der Waals surface area contributed by atoms with Crippen LogP contribution in [-0.2, 0) is 14.8 Å². The van der Waals surface area contributed by atoms with Crippen molar-refractivity contribution in [2.45, 2.75) is 36.7 Å². The molecule has 2 rings (SSSR count). The van der Waals surface area contributed by atoms with Gasteiger partial charge in [0.15, 0.2) is 0 Å². The molecule has 1 atom stereocenters. The highest BCUT2D eigenvalue weighted by Gasteiger charge is 2.37. The Hall–Kier alpha value is -0.950. The van der Waals surface area contributed by atoms with Crippen LogP contribution in [-0.4, -0.2) is 39.0 Å². The van der Waals surface area contributed by atoms with Crippen LogP contribution in [0, 0.1) is 0 Å². The molecule has 2 N–H and O–H groups in total. The lowest BCUT2D eigenvalue weighted by Gasteiger charge is -2.21. The average Bonchev–Trinajstić information content (AvgIpc) is 3.23. The molecule has 1 aliphatic carbocycles. The van der Waals surface area contributed by atoms with Crippen LogP contribution in [0.15, 0.2) is 29.2 Å². The average molecular weight is 298 g/mol. The standard InChI is InChI=1S/C14H22N2O3S/c1-11(15)12-3-7-14(8-4-12)20(17,18)16(9-10-19-2)13-5-6-13/h3-4,7-8,11,13H,5-6,9-10,15H2,1-2H3. The van der Waals surface area contributed by atoms with Crippen LogP contribution in [0.4, 0.5) is 0 Å². The Balaban J connectivity index is 2.22. The van der Waals surface area contributed by atoms with Crippen molar-refractivity contribution < 1.29 is 13.2 Å². The number of sulfonamides is 1. The summed E-state index contributed by atoms with van der Waals surface area (Å²) in [5.41, 5.74) is 6.71. The van der Waals surface area contributed by atoms with Gasteiger partial charge >= 0.3 is 0 Å². The molecule has 1 aliphatic rings. The van der Waals surface area contributed by atoms with E-state index in [0.29, 0.717) is 18.0 Å². The minimum Gasteiger partial charge on any atom is -0.383 e. The molecule has 1 unspecified atom stereocenters. The van der Waals surface area contributed by atoms with E-state index in [9.17, 15) is 8.42 Å². The lowest BCUT2D eigenvalue weighted by molar-refractivity contribution is 0.177. The predicted octanol–water partition coefficient (Wildman–Crippen LogP) is 1.51. The van der Waals surface area contributed by atoms with Crippen molar-refractivity contribution >= 4 is 10.0 Å². The largest absolute Gasteiger partial charge is 0.383 e. The quantitative estimate of drug-likeness (QED) is 0.828. The summed E-state index contributed by atoms with van der Waals surface area (Å²) in [5.74, 6) is 0. The summed E-state index contributed by atoms with van der Waals surface area (Å²) in [5, 5.41) is 0. The highest BCUT2D eigenvalue weighted by atomic mass is 32.2. The molecular formula is C14H22N2O3S. The van der Waals surface area contributed by atoms with Crippen molar-refractivity contribution in [1.29, 1.82) is 0 Å². The van der Waals surface area contributed by atoms with Crippen molar-refractivity contribution in [2.24, 2.45) is 5.73 Å². The third-order valence-electron chi connectivity index (χ3n) is 3.48. The van der Waals surface area contributed by atoms with Crippen LogP contribution in [0.2, 0.25) is 0 Å². The van der Waals surface area contributed by atoms with E-state index < -0.39 is 10.0 Å². The maximum atomic E-state index is 12.6. The van der Waals surface area contributed by atoms with Crippen molar-refractivity contribution in [2.75, 3.05) is 20.3 Å². The van der Waals surface area contributed by atoms with Gasteiger partial charge in [0.1, 0.15) is 0 Å². The van der Waals surface area contributed by atoms with Gasteiger partial charge in [0.2, 0.25) is 10.0 Å². The van der Waals surface area contributed by atoms with Crippen molar-refractivity contribution in [3.8, 4) is 0 Å². The van der Waals surface area contributed by atoms with Gasteiger partial charge in [0, 0.05) is 25.7 Å². The first-order valence-corrected chi connectivity index (χ1v) is 8.27. The van der Waals surface area contributed by atoms with Crippen LogP contribution >= 0.6 is 0 Å². The zero-order valence-corrected chi connectivity index (χ0v) is 12.8. The van der Waals surface area contributed by atoms with Gasteiger partial charge in [-0.3, -0.25) is 0 Å². The summed E-state index contributed by atoms with van der Waals surface area (Å²) in [6.45, 7) is 2.69. The summed E-state index contributed by atoms with van der Waals surface area (Å²) in [6, 6.07) is 6.85. The first-order chi connectivity index (χ1) is 9.46. The lowest BCUT2D eigenvalue weighted by atomic mass is 10.1. The molecule has 1 aromatic carbocycles. The van der Waals surface area contributed by atoms with E-state index >= 15 is 0 Å². The fraction of sp³-hybridized carbons (Fsp3) is 0.571. The third kappa shape index (κ3) is 3.38. The highest BCUT2D eigenvalue weighted by molar-refractivity contribution is 7.89. The molecule has 1 aromatic rings. The van der Waals surface area contributed by atoms with Gasteiger partial charge in [-0.2, -0.15) is 4.31 Å². The molecule has 0 spiro atoms. The van der Waals surface area contributed by atoms with E-state index in [1.807, 2.05) is 6.92 Å². The van der Waals surface area contributed by atoms with Gasteiger partial charge in [-0.25, -0.2) is 8.42 Å². The highest BCUT2D eigenvalue weighted by Crippen LogP contribution is 2.32. The van der Waals surface area contributed by atoms with E-state index in [0.717, 1.165) is 18.4 Å². The van der Waals surface area contributed by atoms with Crippen LogP contribution in [0.3, 0.4) is 0 Å². The molecule has 112 valence electrons. The Morgan fingerprint density at radius 2 is 1.95 bits per heavy atom. The zero-order chi connectivity index (χ0) is 14.8. The number of hydrogen-bond acceptors (Lipinski definition) is 4. The number of benzene rings is 1. The summed E-state index contributed by atoms with van der Waals surface area (Å²) < 4.78 is 31.8. The second-order valence-corrected chi connectivity index (χ2v) is 7.09. The summed E-state index contributed by atoms with van der Waals surface area (Å²) >= 11 is 0. The molecule has 0 saturated heterocycles. The predicted molar refractivity (Wildman–Crippen MR) is 77.8 cm³/mol. The Kier molecular flexibility index (Phi) is 4.80. The smallest absolute Gasteiger partial charge is 0.243 e. The number of hydrogen-bond donors (Lipinski definition) is 1. The van der Waals surface area contributed by atoms with Gasteiger partial charge in [-0.1, -0.05) is 12.1 Å². The van der Waals surface area contributed by atoms with Crippen molar-refractivity contribution in [3.05, 3.63) is 29.8 Å². The molecule has 1 saturated carbocycles. The molecule has 6 heteroatoms. The first-order valence-electron chi connectivity index (χ1n) is 6.83. The van der Waals surface area contributed by atoms with Crippen LogP contribution in [0.1, 0.15) is 31.4 Å². The number of nitrogens with two attached hydrogens (primary N) is 1. The number of ether oxygens (including phenoxy) is 1. The molecule has 20 heavy (non-hydrogen) atoms. The van der Waals surface area contributed by atoms with E-state index in [4.69, 9.17) is 10.5 Å². The number of rotatable bonds is 7. The van der Waals surface area contributed by atoms with E-state index in [1.54, 1.807) is 35.7 Å². The topological polar surface area (TPSA) is 72.6 Å². The summed E-state index contributed by atoms with van der Waals surface area (Å²) in [4.78, 5) is 0.324. The van der Waals surface area contributed by atoms with Gasteiger partial charge in [0.05, 0.1) is 11.5 Å². The molecular weight excluding hydrogens is 276 g/mol. The fourth-order valence-corrected chi connectivity index (χ4v) is 3.79. The third-order valence-corrected chi connectivity index (χ3v) is 5.45. The van der Waals surface area contributed by atoms with Crippen LogP contribution in [0.25, 0.3) is 0 Å². The molecule has 0 aliphatic heterocycles. The molecule has 5 nitrogen and oxygen atoms in total. The molecule has 0 amide bonds. The first kappa shape index (κ1) is 15.4. The molecule has 1 fully saturated rings. The Morgan fingerprint density at radius 3 is 2.40 bits per heavy atom. The molecule has 0 aromatic heterocycles. The Morgan fingerprint density at radius 1 is 1.35 bits per heavy atom. The fourth-order valence-electron chi connectivity index (χ4n) is 2.12. The van der Waals surface area contributed by atoms with Gasteiger partial charge < -0.3 is 10.5 Å². The van der Waals surface area contributed by atoms with Crippen molar-refractivity contribution in [3.63, 3.8) is 0 Å². The molecule has 0 bridgehead atoms. The van der Waals surface area contributed by atoms with Crippen LogP contribution < -0.4 is 5.73 Å². The maximum absolute atomic E-state index is 12.6. The van der Waals surface area contributed by atoms with Crippen LogP contribution in [0.5, 0.6) is 0 Å². The minimum absolute atomic E-state index is 0.0974. The van der Waals surface area contributed by atoms with Crippen molar-refractivity contribution in [1.82, 2.24) is 4.31 Å². The van der Waals surface area contributed by atoms with E-state index in [1.165, 1.54) is 0 Å². The Labute approximate surface area is 120 Å². The van der Waals surface area contributed by atoms with E-state index in [2.05, 4.69) is 0 Å². The van der Waals surface area contributed by atoms with Gasteiger partial charge in [0.25, 0.3) is 0 Å². The Bertz CT molecular complexity index is 536. The lowest BCUT2D eigenvalue weighted by Crippen LogP contribution is -2.35. The minimum atomic E-state index is -3.44. The summed E-state index contributed by atoms with van der Waals surface area (Å²) in [6.07, 6.45) is 1.86. The maximum Gasteiger partial charge on any atom is 0.243 e. The van der Waals surface area contributed by atoms with E-state index in [-0.39, 0.29) is 12.1 Å². The second-order valence-electron chi connectivity index (χ2n) is 5.20. The second kappa shape index (κ2) is 6.22.